The minimum Gasteiger partial charge on any atom is -0.305 e. The second kappa shape index (κ2) is 6.69. The average Bonchev–Trinajstić information content (AvgIpc) is 3.02. The molecule has 26 heavy (non-hydrogen) atoms. The van der Waals surface area contributed by atoms with E-state index in [9.17, 15) is 13.6 Å². The van der Waals surface area contributed by atoms with Crippen molar-refractivity contribution in [3.05, 3.63) is 69.3 Å². The SMILES string of the molecule is CC(NCc1cc(=O)n2[nH]cc(C#N)c2n1)c1ccc(C(C)(F)F)cc1. The largest absolute Gasteiger partial charge is 0.305 e. The molecule has 0 aliphatic heterocycles. The molecule has 0 amide bonds. The lowest BCUT2D eigenvalue weighted by atomic mass is 10.0. The van der Waals surface area contributed by atoms with Gasteiger partial charge in [0.25, 0.3) is 11.5 Å². The van der Waals surface area contributed by atoms with Crippen LogP contribution in [-0.2, 0) is 12.5 Å². The summed E-state index contributed by atoms with van der Waals surface area (Å²) in [5, 5.41) is 14.9. The molecular formula is C18H17F2N5O. The second-order valence-corrected chi connectivity index (χ2v) is 6.16. The van der Waals surface area contributed by atoms with Crippen LogP contribution < -0.4 is 10.9 Å². The van der Waals surface area contributed by atoms with Gasteiger partial charge in [-0.3, -0.25) is 9.89 Å². The van der Waals surface area contributed by atoms with Gasteiger partial charge >= 0.3 is 0 Å². The molecule has 1 aromatic carbocycles. The summed E-state index contributed by atoms with van der Waals surface area (Å²) in [6.45, 7) is 3.05. The molecule has 2 aromatic heterocycles. The van der Waals surface area contributed by atoms with Crippen molar-refractivity contribution in [2.75, 3.05) is 0 Å². The fourth-order valence-corrected chi connectivity index (χ4v) is 2.64. The highest BCUT2D eigenvalue weighted by Gasteiger charge is 2.23. The summed E-state index contributed by atoms with van der Waals surface area (Å²) in [6, 6.07) is 9.34. The summed E-state index contributed by atoms with van der Waals surface area (Å²) in [6.07, 6.45) is 1.43. The van der Waals surface area contributed by atoms with Gasteiger partial charge in [0.2, 0.25) is 0 Å². The fourth-order valence-electron chi connectivity index (χ4n) is 2.64. The zero-order valence-electron chi connectivity index (χ0n) is 14.3. The van der Waals surface area contributed by atoms with Gasteiger partial charge in [0.05, 0.1) is 5.69 Å². The Hall–Kier alpha value is -3.05. The monoisotopic (exact) mass is 357 g/mol. The third kappa shape index (κ3) is 3.48. The highest BCUT2D eigenvalue weighted by molar-refractivity contribution is 5.53. The van der Waals surface area contributed by atoms with Crippen LogP contribution >= 0.6 is 0 Å². The van der Waals surface area contributed by atoms with E-state index in [1.807, 2.05) is 13.0 Å². The Labute approximate surface area is 148 Å². The van der Waals surface area contributed by atoms with E-state index in [-0.39, 0.29) is 28.4 Å². The summed E-state index contributed by atoms with van der Waals surface area (Å²) in [4.78, 5) is 16.4. The lowest BCUT2D eigenvalue weighted by Crippen LogP contribution is -2.22. The van der Waals surface area contributed by atoms with E-state index in [0.29, 0.717) is 12.2 Å². The Morgan fingerprint density at radius 1 is 1.38 bits per heavy atom. The fraction of sp³-hybridized carbons (Fsp3) is 0.278. The third-order valence-corrected chi connectivity index (χ3v) is 4.18. The maximum atomic E-state index is 13.3. The minimum absolute atomic E-state index is 0.0370. The number of hydrogen-bond donors (Lipinski definition) is 2. The van der Waals surface area contributed by atoms with Crippen molar-refractivity contribution < 1.29 is 8.78 Å². The van der Waals surface area contributed by atoms with Crippen molar-refractivity contribution in [2.24, 2.45) is 0 Å². The van der Waals surface area contributed by atoms with Gasteiger partial charge in [-0.1, -0.05) is 24.3 Å². The molecule has 8 heteroatoms. The summed E-state index contributed by atoms with van der Waals surface area (Å²) in [7, 11) is 0. The van der Waals surface area contributed by atoms with E-state index in [1.54, 1.807) is 12.1 Å². The molecule has 0 bridgehead atoms. The maximum absolute atomic E-state index is 13.3. The molecule has 0 aliphatic carbocycles. The molecule has 134 valence electrons. The second-order valence-electron chi connectivity index (χ2n) is 6.16. The van der Waals surface area contributed by atoms with Crippen molar-refractivity contribution in [1.29, 1.82) is 5.26 Å². The van der Waals surface area contributed by atoms with Crippen LogP contribution in [0.1, 0.15) is 42.3 Å². The Bertz CT molecular complexity index is 1020. The van der Waals surface area contributed by atoms with Crippen molar-refractivity contribution >= 4 is 5.65 Å². The van der Waals surface area contributed by atoms with Gasteiger partial charge in [-0.2, -0.15) is 5.26 Å². The molecule has 1 unspecified atom stereocenters. The molecule has 0 radical (unpaired) electrons. The number of benzene rings is 1. The van der Waals surface area contributed by atoms with E-state index in [0.717, 1.165) is 12.5 Å². The number of hydrogen-bond acceptors (Lipinski definition) is 4. The van der Waals surface area contributed by atoms with E-state index in [2.05, 4.69) is 15.4 Å². The molecule has 0 aliphatic rings. The Morgan fingerprint density at radius 3 is 2.69 bits per heavy atom. The van der Waals surface area contributed by atoms with Gasteiger partial charge in [0, 0.05) is 37.3 Å². The van der Waals surface area contributed by atoms with Gasteiger partial charge < -0.3 is 5.32 Å². The van der Waals surface area contributed by atoms with Crippen molar-refractivity contribution in [3.63, 3.8) is 0 Å². The molecule has 2 heterocycles. The van der Waals surface area contributed by atoms with Crippen LogP contribution in [0.3, 0.4) is 0 Å². The van der Waals surface area contributed by atoms with Crippen LogP contribution in [0, 0.1) is 11.3 Å². The van der Waals surface area contributed by atoms with Crippen molar-refractivity contribution in [3.8, 4) is 6.07 Å². The Balaban J connectivity index is 1.75. The number of nitriles is 1. The topological polar surface area (TPSA) is 86.0 Å². The number of halogens is 2. The number of nitrogens with one attached hydrogen (secondary N) is 2. The molecule has 0 saturated carbocycles. The summed E-state index contributed by atoms with van der Waals surface area (Å²) in [5.41, 5.74) is 1.55. The molecule has 1 atom stereocenters. The van der Waals surface area contributed by atoms with Gasteiger partial charge in [-0.05, 0) is 12.5 Å². The Kier molecular flexibility index (Phi) is 4.57. The van der Waals surface area contributed by atoms with E-state index in [1.165, 1.54) is 28.9 Å². The van der Waals surface area contributed by atoms with Gasteiger partial charge in [-0.25, -0.2) is 18.3 Å². The van der Waals surface area contributed by atoms with Crippen LogP contribution in [0.2, 0.25) is 0 Å². The average molecular weight is 357 g/mol. The number of rotatable bonds is 5. The summed E-state index contributed by atoms with van der Waals surface area (Å²) >= 11 is 0. The zero-order chi connectivity index (χ0) is 18.9. The standard InChI is InChI=1S/C18H17F2N5O/c1-11(12-3-5-14(6-4-12)18(2,19)20)22-10-15-7-16(26)25-17(24-15)13(8-21)9-23-25/h3-7,9,11,22-23H,10H2,1-2H3. The highest BCUT2D eigenvalue weighted by atomic mass is 19.3. The first-order valence-electron chi connectivity index (χ1n) is 8.01. The number of nitrogens with zero attached hydrogens (tertiary/aromatic N) is 3. The quantitative estimate of drug-likeness (QED) is 0.735. The molecule has 2 N–H and O–H groups in total. The van der Waals surface area contributed by atoms with Gasteiger partial charge in [0.15, 0.2) is 5.65 Å². The number of aromatic nitrogens is 3. The third-order valence-electron chi connectivity index (χ3n) is 4.18. The predicted octanol–water partition coefficient (Wildman–Crippen LogP) is 2.86. The minimum atomic E-state index is -2.87. The number of fused-ring (bicyclic) bond motifs is 1. The lowest BCUT2D eigenvalue weighted by molar-refractivity contribution is 0.0174. The van der Waals surface area contributed by atoms with Gasteiger partial charge in [0.1, 0.15) is 11.6 Å². The predicted molar refractivity (Wildman–Crippen MR) is 91.8 cm³/mol. The van der Waals surface area contributed by atoms with Gasteiger partial charge in [-0.15, -0.1) is 0 Å². The molecule has 0 fully saturated rings. The van der Waals surface area contributed by atoms with Crippen LogP contribution in [0.15, 0.2) is 41.3 Å². The first kappa shape index (κ1) is 17.8. The number of aromatic amines is 1. The smallest absolute Gasteiger partial charge is 0.272 e. The van der Waals surface area contributed by atoms with E-state index < -0.39 is 5.92 Å². The maximum Gasteiger partial charge on any atom is 0.272 e. The van der Waals surface area contributed by atoms with Crippen LogP contribution in [0.4, 0.5) is 8.78 Å². The molecule has 0 spiro atoms. The number of alkyl halides is 2. The Morgan fingerprint density at radius 2 is 2.08 bits per heavy atom. The van der Waals surface area contributed by atoms with Crippen LogP contribution in [0.25, 0.3) is 5.65 Å². The molecule has 0 saturated heterocycles. The molecular weight excluding hydrogens is 340 g/mol. The van der Waals surface area contributed by atoms with Crippen LogP contribution in [-0.4, -0.2) is 14.6 Å². The van der Waals surface area contributed by atoms with Crippen molar-refractivity contribution in [1.82, 2.24) is 19.9 Å². The molecule has 3 rings (SSSR count). The summed E-state index contributed by atoms with van der Waals surface area (Å²) < 4.78 is 27.8. The number of H-pyrrole nitrogens is 1. The molecule has 6 nitrogen and oxygen atoms in total. The highest BCUT2D eigenvalue weighted by Crippen LogP contribution is 2.27. The normalized spacial score (nSPS) is 12.9. The molecule has 3 aromatic rings. The zero-order valence-corrected chi connectivity index (χ0v) is 14.3. The van der Waals surface area contributed by atoms with E-state index in [4.69, 9.17) is 5.26 Å². The van der Waals surface area contributed by atoms with E-state index >= 15 is 0 Å². The first-order chi connectivity index (χ1) is 12.3. The summed E-state index contributed by atoms with van der Waals surface area (Å²) in [5.74, 6) is -2.87. The van der Waals surface area contributed by atoms with Crippen LogP contribution in [0.5, 0.6) is 0 Å². The first-order valence-corrected chi connectivity index (χ1v) is 8.01. The van der Waals surface area contributed by atoms with Crippen molar-refractivity contribution in [2.45, 2.75) is 32.4 Å². The lowest BCUT2D eigenvalue weighted by Gasteiger charge is -2.16.